The largest absolute Gasteiger partial charge is 0.478 e. The fourth-order valence-corrected chi connectivity index (χ4v) is 13.5. The van der Waals surface area contributed by atoms with Crippen LogP contribution in [0.5, 0.6) is 23.5 Å². The summed E-state index contributed by atoms with van der Waals surface area (Å²) in [6.45, 7) is 15.7. The number of sulfonamides is 2. The number of fused-ring (bicyclic) bond motifs is 7. The van der Waals surface area contributed by atoms with E-state index in [-0.39, 0.29) is 37.4 Å². The smallest absolute Gasteiger partial charge is 0.268 e. The van der Waals surface area contributed by atoms with Gasteiger partial charge in [-0.2, -0.15) is 0 Å². The van der Waals surface area contributed by atoms with Crippen LogP contribution in [0.15, 0.2) is 95.2 Å². The fourth-order valence-electron chi connectivity index (χ4n) is 11.5. The first-order chi connectivity index (χ1) is 39.4. The SMILES string of the molecule is CC1(C)CCC(CCCOc2ccc(S(=O)(=O)NC(=O)c3ccc(-n4ccc(OCCC5(C)CC5)n4)nc3Cl)cn2)C1.CC1(CCOc2ccn(-c3ccc4c(n3)C3CC(CCCOc5ccc(cn5)S(=O)(=O)NC4=O)CC3(C)C)n2)CC1. The van der Waals surface area contributed by atoms with E-state index in [0.29, 0.717) is 89.4 Å². The van der Waals surface area contributed by atoms with Crippen LogP contribution in [0, 0.1) is 33.5 Å². The van der Waals surface area contributed by atoms with Crippen molar-refractivity contribution >= 4 is 43.5 Å². The van der Waals surface area contributed by atoms with Crippen molar-refractivity contribution in [2.24, 2.45) is 33.5 Å². The van der Waals surface area contributed by atoms with Gasteiger partial charge in [-0.25, -0.2) is 55.6 Å². The molecule has 0 aromatic carbocycles. The van der Waals surface area contributed by atoms with Gasteiger partial charge in [-0.15, -0.1) is 10.2 Å². The number of rotatable bonds is 18. The third kappa shape index (κ3) is 15.2. The average molecular weight is 1200 g/mol. The molecule has 20 nitrogen and oxygen atoms in total. The maximum absolute atomic E-state index is 13.5. The number of ether oxygens (including phenoxy) is 4. The molecule has 12 rings (SSSR count). The maximum atomic E-state index is 13.5. The third-order valence-electron chi connectivity index (χ3n) is 17.2. The van der Waals surface area contributed by atoms with Crippen molar-refractivity contribution in [3.8, 4) is 35.2 Å². The fraction of sp³-hybridized carbons (Fsp3) is 0.533. The highest BCUT2D eigenvalue weighted by Crippen LogP contribution is 2.53. The lowest BCUT2D eigenvalue weighted by atomic mass is 9.78. The molecule has 444 valence electrons. The molecule has 4 saturated carbocycles. The van der Waals surface area contributed by atoms with Crippen molar-refractivity contribution in [1.82, 2.24) is 48.9 Å². The Morgan fingerprint density at radius 1 is 0.771 bits per heavy atom. The van der Waals surface area contributed by atoms with Gasteiger partial charge >= 0.3 is 0 Å². The van der Waals surface area contributed by atoms with Gasteiger partial charge in [0.05, 0.1) is 55.6 Å². The Balaban J connectivity index is 0.000000185. The number of carbonyl (C=O) groups excluding carboxylic acids is 2. The molecule has 6 aliphatic rings. The highest BCUT2D eigenvalue weighted by atomic mass is 35.5. The van der Waals surface area contributed by atoms with Crippen molar-refractivity contribution in [1.29, 1.82) is 0 Å². The van der Waals surface area contributed by atoms with Gasteiger partial charge in [-0.1, -0.05) is 53.1 Å². The molecular formula is C60H75ClN10O10S2. The van der Waals surface area contributed by atoms with Crippen LogP contribution in [0.25, 0.3) is 11.6 Å². The summed E-state index contributed by atoms with van der Waals surface area (Å²) in [4.78, 5) is 43.5. The Bertz CT molecular complexity index is 3530. The van der Waals surface area contributed by atoms with Gasteiger partial charge < -0.3 is 18.9 Å². The normalized spacial score (nSPS) is 21.5. The Morgan fingerprint density at radius 2 is 1.43 bits per heavy atom. The Kier molecular flexibility index (Phi) is 17.3. The zero-order valence-electron chi connectivity index (χ0n) is 48.1. The zero-order chi connectivity index (χ0) is 58.8. The number of amides is 2. The highest BCUT2D eigenvalue weighted by molar-refractivity contribution is 7.90. The van der Waals surface area contributed by atoms with Crippen LogP contribution in [0.4, 0.5) is 0 Å². The molecule has 3 unspecified atom stereocenters. The summed E-state index contributed by atoms with van der Waals surface area (Å²) >= 11 is 6.27. The average Bonchev–Trinajstić information content (AvgIpc) is 4.03. The van der Waals surface area contributed by atoms with Gasteiger partial charge in [-0.05, 0) is 166 Å². The van der Waals surface area contributed by atoms with E-state index in [1.54, 1.807) is 35.3 Å². The number of carbonyl (C=O) groups is 2. The maximum Gasteiger partial charge on any atom is 0.268 e. The molecule has 6 aromatic heterocycles. The van der Waals surface area contributed by atoms with E-state index in [1.165, 1.54) is 92.2 Å². The van der Waals surface area contributed by atoms with Gasteiger partial charge in [0, 0.05) is 42.6 Å². The second-order valence-corrected chi connectivity index (χ2v) is 29.0. The Hall–Kier alpha value is -6.65. The minimum Gasteiger partial charge on any atom is -0.478 e. The minimum atomic E-state index is -4.20. The molecule has 0 radical (unpaired) electrons. The van der Waals surface area contributed by atoms with Crippen molar-refractivity contribution in [2.75, 3.05) is 26.4 Å². The van der Waals surface area contributed by atoms with E-state index in [1.807, 2.05) is 10.8 Å². The highest BCUT2D eigenvalue weighted by Gasteiger charge is 2.44. The summed E-state index contributed by atoms with van der Waals surface area (Å²) in [6.07, 6.45) is 22.2. The summed E-state index contributed by atoms with van der Waals surface area (Å²) < 4.78 is 82.3. The van der Waals surface area contributed by atoms with Gasteiger partial charge in [0.2, 0.25) is 23.5 Å². The number of nitrogens with zero attached hydrogens (tertiary/aromatic N) is 8. The molecule has 2 N–H and O–H groups in total. The third-order valence-corrected chi connectivity index (χ3v) is 20.1. The molecule has 8 heterocycles. The number of hydrogen-bond donors (Lipinski definition) is 2. The van der Waals surface area contributed by atoms with Crippen molar-refractivity contribution in [2.45, 2.75) is 154 Å². The summed E-state index contributed by atoms with van der Waals surface area (Å²) in [7, 11) is -8.36. The molecule has 4 aliphatic carbocycles. The topological polar surface area (TPSA) is 251 Å². The molecule has 2 amide bonds. The predicted molar refractivity (Wildman–Crippen MR) is 310 cm³/mol. The Labute approximate surface area is 491 Å². The van der Waals surface area contributed by atoms with Gasteiger partial charge in [-0.3, -0.25) is 9.59 Å². The van der Waals surface area contributed by atoms with Crippen LogP contribution >= 0.6 is 11.6 Å². The van der Waals surface area contributed by atoms with E-state index < -0.39 is 31.9 Å². The second kappa shape index (κ2) is 24.1. The standard InChI is InChI=1S/C30H38ClN5O5S.C30H37N5O5S/c1-29(2)12-10-21(19-29)5-4-17-40-25-9-6-22(20-32-25)42(38,39)35-28(37)23-7-8-24(33-27(23)31)36-16-11-26(34-36)41-18-15-30(3)13-14-30;1-29(2)18-20-5-4-15-39-25-9-6-21(19-31-25)41(37,38)34-28(36)22-7-8-24(32-27(22)23(29)17-20)35-14-10-26(33-35)40-16-13-30(3)11-12-30/h6-9,11,16,20-21H,4-5,10,12-15,17-19H2,1-3H3,(H,35,37);6-10,14,19-20,23H,4-5,11-13,15-18H2,1-3H3,(H,34,36). The monoisotopic (exact) mass is 1190 g/mol. The van der Waals surface area contributed by atoms with Crippen LogP contribution in [-0.4, -0.2) is 94.6 Å². The molecule has 83 heavy (non-hydrogen) atoms. The number of pyridine rings is 4. The Morgan fingerprint density at radius 3 is 2.04 bits per heavy atom. The van der Waals surface area contributed by atoms with Crippen molar-refractivity contribution in [3.63, 3.8) is 0 Å². The number of aromatic nitrogens is 8. The summed E-state index contributed by atoms with van der Waals surface area (Å²) in [6, 6.07) is 15.5. The predicted octanol–water partition coefficient (Wildman–Crippen LogP) is 11.0. The van der Waals surface area contributed by atoms with Crippen molar-refractivity contribution < 1.29 is 45.4 Å². The number of halogens is 1. The van der Waals surface area contributed by atoms with Crippen LogP contribution in [0.1, 0.15) is 170 Å². The molecule has 3 atom stereocenters. The number of nitrogens with one attached hydrogen (secondary N) is 2. The minimum absolute atomic E-state index is 0.0461. The molecule has 2 aliphatic heterocycles. The first-order valence-corrected chi connectivity index (χ1v) is 32.1. The summed E-state index contributed by atoms with van der Waals surface area (Å²) in [5.41, 5.74) is 1.81. The van der Waals surface area contributed by atoms with Gasteiger partial charge in [0.25, 0.3) is 31.9 Å². The molecule has 0 saturated heterocycles. The van der Waals surface area contributed by atoms with E-state index in [0.717, 1.165) is 63.5 Å². The lowest BCUT2D eigenvalue weighted by molar-refractivity contribution is 0.0970. The molecule has 4 fully saturated rings. The molecule has 23 heteroatoms. The van der Waals surface area contributed by atoms with Gasteiger partial charge in [0.15, 0.2) is 11.6 Å². The molecule has 0 spiro atoms. The summed E-state index contributed by atoms with van der Waals surface area (Å²) in [5, 5.41) is 8.76. The summed E-state index contributed by atoms with van der Waals surface area (Å²) in [5.74, 6) is 2.06. The molecule has 6 aromatic rings. The first kappa shape index (κ1) is 59.5. The van der Waals surface area contributed by atoms with Gasteiger partial charge in [0.1, 0.15) is 14.9 Å². The van der Waals surface area contributed by atoms with Crippen LogP contribution in [0.3, 0.4) is 0 Å². The lowest BCUT2D eigenvalue weighted by Crippen LogP contribution is -2.32. The quantitative estimate of drug-likeness (QED) is 0.0599. The van der Waals surface area contributed by atoms with Crippen molar-refractivity contribution in [3.05, 3.63) is 107 Å². The van der Waals surface area contributed by atoms with Crippen LogP contribution in [0.2, 0.25) is 5.15 Å². The zero-order valence-corrected chi connectivity index (χ0v) is 50.5. The van der Waals surface area contributed by atoms with E-state index in [9.17, 15) is 26.4 Å². The van der Waals surface area contributed by atoms with E-state index in [4.69, 9.17) is 35.5 Å². The molecule has 4 bridgehead atoms. The molecular weight excluding hydrogens is 1120 g/mol. The number of hydrogen-bond acceptors (Lipinski definition) is 16. The van der Waals surface area contributed by atoms with Crippen LogP contribution < -0.4 is 28.4 Å². The lowest BCUT2D eigenvalue weighted by Gasteiger charge is -2.28. The van der Waals surface area contributed by atoms with Crippen LogP contribution in [-0.2, 0) is 20.0 Å². The second-order valence-electron chi connectivity index (χ2n) is 25.3. The first-order valence-electron chi connectivity index (χ1n) is 28.8. The van der Waals surface area contributed by atoms with E-state index in [2.05, 4.69) is 71.4 Å². The van der Waals surface area contributed by atoms with E-state index >= 15 is 0 Å².